The molecule has 0 saturated carbocycles. The number of fused-ring (bicyclic) bond motifs is 3. The fourth-order valence-corrected chi connectivity index (χ4v) is 2.08. The second kappa shape index (κ2) is 3.10. The van der Waals surface area contributed by atoms with Gasteiger partial charge in [-0.1, -0.05) is 0 Å². The molecule has 0 bridgehead atoms. The van der Waals surface area contributed by atoms with Gasteiger partial charge in [-0.05, 0) is 19.1 Å². The van der Waals surface area contributed by atoms with E-state index in [1.165, 1.54) is 16.8 Å². The van der Waals surface area contributed by atoms with E-state index >= 15 is 0 Å². The van der Waals surface area contributed by atoms with Gasteiger partial charge in [0.1, 0.15) is 16.9 Å². The first-order chi connectivity index (χ1) is 8.08. The van der Waals surface area contributed by atoms with Gasteiger partial charge < -0.3 is 4.42 Å². The number of aromatic nitrogens is 2. The highest BCUT2D eigenvalue weighted by atomic mass is 16.3. The van der Waals surface area contributed by atoms with Crippen LogP contribution >= 0.6 is 0 Å². The van der Waals surface area contributed by atoms with Gasteiger partial charge in [-0.2, -0.15) is 0 Å². The highest BCUT2D eigenvalue weighted by Crippen LogP contribution is 2.29. The maximum absolute atomic E-state index is 11.9. The summed E-state index contributed by atoms with van der Waals surface area (Å²) in [7, 11) is 1.65. The second-order valence-electron chi connectivity index (χ2n) is 4.04. The van der Waals surface area contributed by atoms with E-state index in [4.69, 9.17) is 4.42 Å². The van der Waals surface area contributed by atoms with Crippen molar-refractivity contribution in [3.05, 3.63) is 44.5 Å². The van der Waals surface area contributed by atoms with Crippen molar-refractivity contribution >= 4 is 10.9 Å². The van der Waals surface area contributed by atoms with Crippen LogP contribution in [0.5, 0.6) is 0 Å². The lowest BCUT2D eigenvalue weighted by Gasteiger charge is -2.05. The fraction of sp³-hybridized carbons (Fsp3) is 0.167. The molecule has 3 rings (SSSR count). The van der Waals surface area contributed by atoms with Crippen molar-refractivity contribution in [3.63, 3.8) is 0 Å². The van der Waals surface area contributed by atoms with Crippen LogP contribution in [0.15, 0.2) is 32.2 Å². The van der Waals surface area contributed by atoms with Crippen molar-refractivity contribution in [1.29, 1.82) is 0 Å². The van der Waals surface area contributed by atoms with Gasteiger partial charge in [-0.25, -0.2) is 0 Å². The molecule has 2 heterocycles. The molecular weight excluding hydrogens is 220 g/mol. The Labute approximate surface area is 95.6 Å². The van der Waals surface area contributed by atoms with E-state index in [2.05, 4.69) is 5.10 Å². The Morgan fingerprint density at radius 1 is 1.29 bits per heavy atom. The lowest BCUT2D eigenvalue weighted by atomic mass is 10.1. The molecule has 1 aromatic rings. The van der Waals surface area contributed by atoms with Crippen molar-refractivity contribution in [2.45, 2.75) is 6.92 Å². The monoisotopic (exact) mass is 230 g/mol. The SMILES string of the molecule is Cc1oc2cc(=O)ccc-2c2[nH]n(C)c(=O)c12. The Morgan fingerprint density at radius 3 is 2.82 bits per heavy atom. The Hall–Kier alpha value is -2.30. The molecule has 0 radical (unpaired) electrons. The van der Waals surface area contributed by atoms with Gasteiger partial charge in [0, 0.05) is 18.7 Å². The van der Waals surface area contributed by atoms with Crippen LogP contribution in [-0.4, -0.2) is 9.78 Å². The van der Waals surface area contributed by atoms with E-state index < -0.39 is 0 Å². The average Bonchev–Trinajstić information content (AvgIpc) is 2.55. The number of rotatable bonds is 0. The molecule has 2 aliphatic rings. The van der Waals surface area contributed by atoms with Crippen LogP contribution in [0.2, 0.25) is 0 Å². The van der Waals surface area contributed by atoms with Crippen LogP contribution in [0.4, 0.5) is 0 Å². The van der Waals surface area contributed by atoms with Gasteiger partial charge in [0.25, 0.3) is 5.56 Å². The number of hydrogen-bond acceptors (Lipinski definition) is 3. The molecule has 0 spiro atoms. The zero-order valence-corrected chi connectivity index (χ0v) is 9.40. The average molecular weight is 230 g/mol. The summed E-state index contributed by atoms with van der Waals surface area (Å²) < 4.78 is 6.92. The fourth-order valence-electron chi connectivity index (χ4n) is 2.08. The third-order valence-electron chi connectivity index (χ3n) is 2.89. The Bertz CT molecular complexity index is 807. The maximum Gasteiger partial charge on any atom is 0.277 e. The minimum Gasteiger partial charge on any atom is -0.460 e. The van der Waals surface area contributed by atoms with Gasteiger partial charge in [0.2, 0.25) is 0 Å². The van der Waals surface area contributed by atoms with Crippen LogP contribution in [0.1, 0.15) is 5.76 Å². The smallest absolute Gasteiger partial charge is 0.277 e. The molecule has 1 N–H and O–H groups in total. The number of nitrogens with one attached hydrogen (secondary N) is 1. The summed E-state index contributed by atoms with van der Waals surface area (Å²) in [5.74, 6) is 1.00. The second-order valence-corrected chi connectivity index (χ2v) is 4.04. The number of aryl methyl sites for hydroxylation is 2. The standard InChI is InChI=1S/C12H10N2O3/c1-6-10-11(13-14(2)12(10)16)8-4-3-7(15)5-9(8)17-6/h3-5,13H,1-2H3. The van der Waals surface area contributed by atoms with E-state index in [1.54, 1.807) is 20.0 Å². The minimum absolute atomic E-state index is 0.113. The van der Waals surface area contributed by atoms with Crippen LogP contribution in [0.3, 0.4) is 0 Å². The first-order valence-corrected chi connectivity index (χ1v) is 5.20. The molecule has 5 nitrogen and oxygen atoms in total. The van der Waals surface area contributed by atoms with Crippen molar-refractivity contribution in [1.82, 2.24) is 9.78 Å². The topological polar surface area (TPSA) is 68.0 Å². The molecule has 1 aliphatic carbocycles. The number of benzene rings is 1. The van der Waals surface area contributed by atoms with Gasteiger partial charge in [0.05, 0.1) is 5.52 Å². The summed E-state index contributed by atoms with van der Waals surface area (Å²) in [5, 5.41) is 3.50. The number of nitrogens with zero attached hydrogens (tertiary/aromatic N) is 1. The summed E-state index contributed by atoms with van der Waals surface area (Å²) >= 11 is 0. The molecule has 0 unspecified atom stereocenters. The molecule has 0 atom stereocenters. The zero-order valence-electron chi connectivity index (χ0n) is 9.40. The Kier molecular flexibility index (Phi) is 1.80. The molecular formula is C12H10N2O3. The number of hydrogen-bond donors (Lipinski definition) is 1. The quantitative estimate of drug-likeness (QED) is 0.631. The van der Waals surface area contributed by atoms with Crippen LogP contribution in [0.25, 0.3) is 22.2 Å². The van der Waals surface area contributed by atoms with Gasteiger partial charge >= 0.3 is 0 Å². The van der Waals surface area contributed by atoms with Gasteiger partial charge in [0.15, 0.2) is 5.43 Å². The van der Waals surface area contributed by atoms with Crippen molar-refractivity contribution < 1.29 is 4.42 Å². The maximum atomic E-state index is 11.9. The summed E-state index contributed by atoms with van der Waals surface area (Å²) in [6.07, 6.45) is 0. The third-order valence-corrected chi connectivity index (χ3v) is 2.89. The summed E-state index contributed by atoms with van der Waals surface area (Å²) in [6.45, 7) is 1.72. The number of aromatic amines is 1. The van der Waals surface area contributed by atoms with Crippen LogP contribution in [0, 0.1) is 6.92 Å². The molecule has 0 aromatic carbocycles. The molecule has 86 valence electrons. The first kappa shape index (κ1) is 9.89. The largest absolute Gasteiger partial charge is 0.460 e. The van der Waals surface area contributed by atoms with E-state index in [0.717, 1.165) is 5.56 Å². The number of H-pyrrole nitrogens is 1. The van der Waals surface area contributed by atoms with Crippen molar-refractivity contribution in [2.75, 3.05) is 0 Å². The van der Waals surface area contributed by atoms with E-state index in [-0.39, 0.29) is 11.0 Å². The summed E-state index contributed by atoms with van der Waals surface area (Å²) in [4.78, 5) is 23.1. The molecule has 0 saturated heterocycles. The summed E-state index contributed by atoms with van der Waals surface area (Å²) in [5.41, 5.74) is 1.20. The van der Waals surface area contributed by atoms with E-state index in [1.807, 2.05) is 0 Å². The van der Waals surface area contributed by atoms with Crippen molar-refractivity contribution in [2.24, 2.45) is 7.05 Å². The van der Waals surface area contributed by atoms with Crippen molar-refractivity contribution in [3.8, 4) is 11.3 Å². The minimum atomic E-state index is -0.130. The van der Waals surface area contributed by atoms with Gasteiger partial charge in [-0.15, -0.1) is 0 Å². The van der Waals surface area contributed by atoms with Crippen LogP contribution < -0.4 is 11.0 Å². The molecule has 17 heavy (non-hydrogen) atoms. The Balaban J connectivity index is 2.64. The highest BCUT2D eigenvalue weighted by Gasteiger charge is 2.17. The molecule has 1 aromatic heterocycles. The molecule has 0 amide bonds. The normalized spacial score (nSPS) is 11.4. The van der Waals surface area contributed by atoms with E-state index in [9.17, 15) is 9.59 Å². The molecule has 5 heteroatoms. The zero-order chi connectivity index (χ0) is 12.2. The van der Waals surface area contributed by atoms with Gasteiger partial charge in [-0.3, -0.25) is 19.4 Å². The Morgan fingerprint density at radius 2 is 2.06 bits per heavy atom. The molecule has 0 fully saturated rings. The highest BCUT2D eigenvalue weighted by molar-refractivity contribution is 5.93. The predicted octanol–water partition coefficient (Wildman–Crippen LogP) is 1.23. The third kappa shape index (κ3) is 1.25. The summed E-state index contributed by atoms with van der Waals surface area (Å²) in [6, 6.07) is 4.55. The van der Waals surface area contributed by atoms with Crippen LogP contribution in [-0.2, 0) is 7.05 Å². The lowest BCUT2D eigenvalue weighted by Crippen LogP contribution is -2.11. The lowest BCUT2D eigenvalue weighted by molar-refractivity contribution is 0.538. The predicted molar refractivity (Wildman–Crippen MR) is 63.4 cm³/mol. The molecule has 1 aliphatic heterocycles. The van der Waals surface area contributed by atoms with E-state index in [0.29, 0.717) is 22.4 Å². The first-order valence-electron chi connectivity index (χ1n) is 5.20.